The molecule has 9 heteroatoms. The van der Waals surface area contributed by atoms with Crippen molar-refractivity contribution in [1.29, 1.82) is 0 Å². The predicted octanol–water partition coefficient (Wildman–Crippen LogP) is 2.68. The lowest BCUT2D eigenvalue weighted by molar-refractivity contribution is 0.0926. The number of halogens is 2. The van der Waals surface area contributed by atoms with Crippen LogP contribution in [-0.4, -0.2) is 63.1 Å². The Bertz CT molecular complexity index is 776. The molecule has 28 heavy (non-hydrogen) atoms. The highest BCUT2D eigenvalue weighted by Gasteiger charge is 2.20. The molecule has 1 amide bonds. The lowest BCUT2D eigenvalue weighted by atomic mass is 10.2. The zero-order valence-electron chi connectivity index (χ0n) is 15.7. The van der Waals surface area contributed by atoms with E-state index in [1.807, 2.05) is 24.3 Å². The molecular formula is C19H25ClIN5O2. The molecule has 1 fully saturated rings. The summed E-state index contributed by atoms with van der Waals surface area (Å²) in [4.78, 5) is 20.7. The number of anilines is 1. The lowest BCUT2D eigenvalue weighted by Gasteiger charge is -2.38. The Labute approximate surface area is 187 Å². The van der Waals surface area contributed by atoms with Crippen LogP contribution >= 0.6 is 35.6 Å². The van der Waals surface area contributed by atoms with Gasteiger partial charge in [-0.15, -0.1) is 24.0 Å². The fourth-order valence-corrected chi connectivity index (χ4v) is 3.30. The van der Waals surface area contributed by atoms with Gasteiger partial charge < -0.3 is 24.9 Å². The van der Waals surface area contributed by atoms with Gasteiger partial charge in [-0.05, 0) is 24.3 Å². The smallest absolute Gasteiger partial charge is 0.287 e. The molecule has 1 aromatic heterocycles. The van der Waals surface area contributed by atoms with Crippen LogP contribution in [0.2, 0.25) is 5.02 Å². The third kappa shape index (κ3) is 5.78. The number of rotatable bonds is 5. The fourth-order valence-electron chi connectivity index (χ4n) is 3.04. The number of hydrogen-bond acceptors (Lipinski definition) is 4. The number of furan rings is 1. The number of benzene rings is 1. The Morgan fingerprint density at radius 3 is 2.46 bits per heavy atom. The number of carbonyl (C=O) groups is 1. The van der Waals surface area contributed by atoms with Gasteiger partial charge in [0.05, 0.1) is 17.0 Å². The largest absolute Gasteiger partial charge is 0.459 e. The quantitative estimate of drug-likeness (QED) is 0.276. The molecule has 0 spiro atoms. The number of amides is 1. The van der Waals surface area contributed by atoms with Gasteiger partial charge in [-0.25, -0.2) is 0 Å². The van der Waals surface area contributed by atoms with E-state index in [0.29, 0.717) is 18.8 Å². The van der Waals surface area contributed by atoms with Crippen LogP contribution in [0.3, 0.4) is 0 Å². The van der Waals surface area contributed by atoms with Crippen LogP contribution in [0.4, 0.5) is 5.69 Å². The molecule has 1 aliphatic rings. The third-order valence-corrected chi connectivity index (χ3v) is 4.74. The van der Waals surface area contributed by atoms with Crippen molar-refractivity contribution in [3.63, 3.8) is 0 Å². The summed E-state index contributed by atoms with van der Waals surface area (Å²) in [7, 11) is 1.77. The average molecular weight is 518 g/mol. The molecule has 2 N–H and O–H groups in total. The zero-order chi connectivity index (χ0) is 19.1. The van der Waals surface area contributed by atoms with Crippen molar-refractivity contribution in [2.24, 2.45) is 4.99 Å². The number of hydrogen-bond donors (Lipinski definition) is 2. The van der Waals surface area contributed by atoms with Crippen molar-refractivity contribution in [2.75, 3.05) is 51.2 Å². The first-order chi connectivity index (χ1) is 13.2. The van der Waals surface area contributed by atoms with Gasteiger partial charge in [0.2, 0.25) is 0 Å². The Balaban J connectivity index is 0.00000280. The van der Waals surface area contributed by atoms with Gasteiger partial charge in [0.15, 0.2) is 11.7 Å². The molecule has 152 valence electrons. The molecule has 2 aromatic rings. The second kappa shape index (κ2) is 11.2. The normalized spacial score (nSPS) is 14.4. The molecule has 1 aromatic carbocycles. The summed E-state index contributed by atoms with van der Waals surface area (Å²) in [5.74, 6) is 0.932. The van der Waals surface area contributed by atoms with Gasteiger partial charge in [-0.3, -0.25) is 9.79 Å². The molecular weight excluding hydrogens is 493 g/mol. The van der Waals surface area contributed by atoms with Crippen molar-refractivity contribution >= 4 is 53.1 Å². The molecule has 0 aliphatic carbocycles. The van der Waals surface area contributed by atoms with E-state index in [4.69, 9.17) is 16.0 Å². The molecule has 0 unspecified atom stereocenters. The van der Waals surface area contributed by atoms with Crippen molar-refractivity contribution in [3.8, 4) is 0 Å². The standard InChI is InChI=1S/C19H24ClN5O2.HI/c1-21-19(23-9-8-22-18(26)17-7-4-14-27-17)25-12-10-24(11-13-25)16-6-3-2-5-15(16)20;/h2-7,14H,8-13H2,1H3,(H,21,23)(H,22,26);1H. The number of nitrogens with zero attached hydrogens (tertiary/aromatic N) is 3. The highest BCUT2D eigenvalue weighted by Crippen LogP contribution is 2.25. The summed E-state index contributed by atoms with van der Waals surface area (Å²) in [6.45, 7) is 4.52. The fraction of sp³-hybridized carbons (Fsp3) is 0.368. The predicted molar refractivity (Wildman–Crippen MR) is 123 cm³/mol. The van der Waals surface area contributed by atoms with Crippen LogP contribution in [-0.2, 0) is 0 Å². The number of guanidine groups is 1. The lowest BCUT2D eigenvalue weighted by Crippen LogP contribution is -2.53. The van der Waals surface area contributed by atoms with E-state index in [1.165, 1.54) is 6.26 Å². The summed E-state index contributed by atoms with van der Waals surface area (Å²) in [6.07, 6.45) is 1.48. The van der Waals surface area contributed by atoms with Gasteiger partial charge in [-0.2, -0.15) is 0 Å². The highest BCUT2D eigenvalue weighted by atomic mass is 127. The maximum Gasteiger partial charge on any atom is 0.287 e. The minimum atomic E-state index is -0.217. The first kappa shape index (κ1) is 22.4. The second-order valence-electron chi connectivity index (χ2n) is 6.13. The van der Waals surface area contributed by atoms with Gasteiger partial charge in [0.1, 0.15) is 0 Å². The number of piperazine rings is 1. The zero-order valence-corrected chi connectivity index (χ0v) is 18.8. The van der Waals surface area contributed by atoms with E-state index in [0.717, 1.165) is 42.8 Å². The van der Waals surface area contributed by atoms with Crippen LogP contribution in [0.1, 0.15) is 10.6 Å². The molecule has 3 rings (SSSR count). The third-order valence-electron chi connectivity index (χ3n) is 4.42. The summed E-state index contributed by atoms with van der Waals surface area (Å²) < 4.78 is 5.07. The number of nitrogens with one attached hydrogen (secondary N) is 2. The van der Waals surface area contributed by atoms with E-state index >= 15 is 0 Å². The second-order valence-corrected chi connectivity index (χ2v) is 6.54. The molecule has 0 saturated carbocycles. The van der Waals surface area contributed by atoms with Crippen LogP contribution in [0, 0.1) is 0 Å². The number of aliphatic imine (C=N–C) groups is 1. The Morgan fingerprint density at radius 2 is 1.82 bits per heavy atom. The van der Waals surface area contributed by atoms with E-state index in [-0.39, 0.29) is 29.9 Å². The molecule has 2 heterocycles. The summed E-state index contributed by atoms with van der Waals surface area (Å²) in [5.41, 5.74) is 1.07. The molecule has 0 radical (unpaired) electrons. The van der Waals surface area contributed by atoms with Crippen LogP contribution < -0.4 is 15.5 Å². The van der Waals surface area contributed by atoms with Crippen molar-refractivity contribution in [3.05, 3.63) is 53.4 Å². The SMILES string of the molecule is CN=C(NCCNC(=O)c1ccco1)N1CCN(c2ccccc2Cl)CC1.I. The van der Waals surface area contributed by atoms with E-state index in [1.54, 1.807) is 19.2 Å². The minimum absolute atomic E-state index is 0. The van der Waals surface area contributed by atoms with Gasteiger partial charge in [0.25, 0.3) is 5.91 Å². The first-order valence-corrected chi connectivity index (χ1v) is 9.33. The number of carbonyl (C=O) groups excluding carboxylic acids is 1. The minimum Gasteiger partial charge on any atom is -0.459 e. The molecule has 0 bridgehead atoms. The Morgan fingerprint density at radius 1 is 1.11 bits per heavy atom. The Kier molecular flexibility index (Phi) is 8.91. The average Bonchev–Trinajstić information content (AvgIpc) is 3.24. The van der Waals surface area contributed by atoms with Crippen molar-refractivity contribution in [1.82, 2.24) is 15.5 Å². The van der Waals surface area contributed by atoms with Crippen LogP contribution in [0.25, 0.3) is 0 Å². The van der Waals surface area contributed by atoms with Gasteiger partial charge in [0, 0.05) is 46.3 Å². The molecule has 1 aliphatic heterocycles. The maximum atomic E-state index is 11.8. The highest BCUT2D eigenvalue weighted by molar-refractivity contribution is 14.0. The molecule has 7 nitrogen and oxygen atoms in total. The topological polar surface area (TPSA) is 73.1 Å². The van der Waals surface area contributed by atoms with Crippen molar-refractivity contribution in [2.45, 2.75) is 0 Å². The maximum absolute atomic E-state index is 11.8. The number of para-hydroxylation sites is 1. The summed E-state index contributed by atoms with van der Waals surface area (Å²) >= 11 is 6.30. The summed E-state index contributed by atoms with van der Waals surface area (Å²) in [5, 5.41) is 6.88. The summed E-state index contributed by atoms with van der Waals surface area (Å²) in [6, 6.07) is 11.2. The first-order valence-electron chi connectivity index (χ1n) is 8.96. The van der Waals surface area contributed by atoms with Gasteiger partial charge in [-0.1, -0.05) is 23.7 Å². The monoisotopic (exact) mass is 517 g/mol. The van der Waals surface area contributed by atoms with E-state index in [9.17, 15) is 4.79 Å². The van der Waals surface area contributed by atoms with Crippen LogP contribution in [0.5, 0.6) is 0 Å². The molecule has 0 atom stereocenters. The van der Waals surface area contributed by atoms with Crippen molar-refractivity contribution < 1.29 is 9.21 Å². The van der Waals surface area contributed by atoms with Gasteiger partial charge >= 0.3 is 0 Å². The van der Waals surface area contributed by atoms with Crippen LogP contribution in [0.15, 0.2) is 52.1 Å². The Hall–Kier alpha value is -1.94. The van der Waals surface area contributed by atoms with E-state index in [2.05, 4.69) is 25.4 Å². The van der Waals surface area contributed by atoms with E-state index < -0.39 is 0 Å². The molecule has 1 saturated heterocycles.